The van der Waals surface area contributed by atoms with Crippen molar-refractivity contribution in [3.63, 3.8) is 0 Å². The van der Waals surface area contributed by atoms with Crippen molar-refractivity contribution in [1.82, 2.24) is 5.16 Å². The van der Waals surface area contributed by atoms with Crippen LogP contribution in [0.5, 0.6) is 0 Å². The van der Waals surface area contributed by atoms with Crippen LogP contribution in [0.25, 0.3) is 11.0 Å². The molecule has 4 heteroatoms. The highest BCUT2D eigenvalue weighted by Crippen LogP contribution is 2.31. The summed E-state index contributed by atoms with van der Waals surface area (Å²) < 4.78 is 13.1. The molecule has 3 N–H and O–H groups in total. The topological polar surface area (TPSA) is 72.3 Å². The fourth-order valence-corrected chi connectivity index (χ4v) is 1.55. The predicted molar refractivity (Wildman–Crippen MR) is 58.4 cm³/mol. The molecule has 0 aliphatic rings. The standard InChI is InChI=1S/C11H14N2O2/c1-6-7-4-8(11(2,3)14)9(12)5-10(7)15-13-6/h4-5,14H,12H2,1-3H3/i4T. The Morgan fingerprint density at radius 3 is 2.87 bits per heavy atom. The number of aryl methyl sites for hydroxylation is 1. The molecule has 0 unspecified atom stereocenters. The Morgan fingerprint density at radius 2 is 2.27 bits per heavy atom. The van der Waals surface area contributed by atoms with Crippen LogP contribution >= 0.6 is 0 Å². The van der Waals surface area contributed by atoms with Crippen LogP contribution in [0, 0.1) is 6.92 Å². The van der Waals surface area contributed by atoms with E-state index in [1.807, 2.05) is 0 Å². The Kier molecular flexibility index (Phi) is 1.73. The van der Waals surface area contributed by atoms with Crippen molar-refractivity contribution in [2.75, 3.05) is 5.73 Å². The number of aliphatic hydroxyl groups is 1. The molecule has 0 amide bonds. The molecular formula is C11H14N2O2. The molecule has 0 saturated heterocycles. The summed E-state index contributed by atoms with van der Waals surface area (Å²) in [5.74, 6) is 0. The lowest BCUT2D eigenvalue weighted by Gasteiger charge is -2.19. The molecule has 0 fully saturated rings. The number of hydrogen-bond acceptors (Lipinski definition) is 4. The number of benzene rings is 1. The average molecular weight is 208 g/mol. The Morgan fingerprint density at radius 1 is 1.60 bits per heavy atom. The molecule has 2 rings (SSSR count). The molecule has 1 aromatic heterocycles. The minimum absolute atomic E-state index is 0.182. The highest BCUT2D eigenvalue weighted by atomic mass is 16.5. The SMILES string of the molecule is [3H]c1c(C(C)(C)O)c(N)cc2onc(C)c12. The molecule has 0 bridgehead atoms. The molecule has 2 aromatic rings. The maximum absolute atomic E-state index is 9.99. The third kappa shape index (κ3) is 1.57. The first kappa shape index (κ1) is 8.73. The molecule has 0 radical (unpaired) electrons. The zero-order valence-electron chi connectivity index (χ0n) is 9.96. The summed E-state index contributed by atoms with van der Waals surface area (Å²) in [5.41, 5.74) is 6.53. The molecule has 15 heavy (non-hydrogen) atoms. The lowest BCUT2D eigenvalue weighted by Crippen LogP contribution is -2.17. The van der Waals surface area contributed by atoms with Gasteiger partial charge in [0.2, 0.25) is 0 Å². The van der Waals surface area contributed by atoms with Crippen LogP contribution in [-0.4, -0.2) is 10.3 Å². The van der Waals surface area contributed by atoms with E-state index < -0.39 is 5.60 Å². The van der Waals surface area contributed by atoms with Crippen LogP contribution in [0.1, 0.15) is 26.5 Å². The highest BCUT2D eigenvalue weighted by Gasteiger charge is 2.21. The van der Waals surface area contributed by atoms with Crippen LogP contribution in [0.15, 0.2) is 16.6 Å². The summed E-state index contributed by atoms with van der Waals surface area (Å²) in [6, 6.07) is 1.78. The Balaban J connectivity index is 2.90. The number of nitrogens with two attached hydrogens (primary N) is 1. The van der Waals surface area contributed by atoms with Gasteiger partial charge in [-0.3, -0.25) is 0 Å². The fourth-order valence-electron chi connectivity index (χ4n) is 1.55. The number of anilines is 1. The van der Waals surface area contributed by atoms with Gasteiger partial charge in [-0.05, 0) is 26.8 Å². The number of nitrogens with zero attached hydrogens (tertiary/aromatic N) is 1. The van der Waals surface area contributed by atoms with Crippen molar-refractivity contribution >= 4 is 16.7 Å². The second-order valence-electron chi connectivity index (χ2n) is 4.17. The van der Waals surface area contributed by atoms with Crippen molar-refractivity contribution in [3.05, 3.63) is 23.4 Å². The van der Waals surface area contributed by atoms with E-state index in [1.54, 1.807) is 26.8 Å². The molecular weight excluding hydrogens is 192 g/mol. The number of rotatable bonds is 1. The molecule has 0 aliphatic carbocycles. The maximum atomic E-state index is 9.99. The van der Waals surface area contributed by atoms with Crippen LogP contribution in [0.3, 0.4) is 0 Å². The van der Waals surface area contributed by atoms with E-state index in [-0.39, 0.29) is 6.04 Å². The summed E-state index contributed by atoms with van der Waals surface area (Å²) in [4.78, 5) is 0. The molecule has 0 atom stereocenters. The van der Waals surface area contributed by atoms with Gasteiger partial charge in [-0.25, -0.2) is 0 Å². The minimum Gasteiger partial charge on any atom is -0.398 e. The fraction of sp³-hybridized carbons (Fsp3) is 0.364. The number of hydrogen-bond donors (Lipinski definition) is 2. The summed E-state index contributed by atoms with van der Waals surface area (Å²) in [7, 11) is 0. The first-order valence-corrected chi connectivity index (χ1v) is 4.70. The lowest BCUT2D eigenvalue weighted by molar-refractivity contribution is 0.0795. The number of nitrogen functional groups attached to an aromatic ring is 1. The summed E-state index contributed by atoms with van der Waals surface area (Å²) in [6.07, 6.45) is 0. The first-order chi connectivity index (χ1) is 7.32. The Bertz CT molecular complexity index is 555. The molecule has 4 nitrogen and oxygen atoms in total. The van der Waals surface area contributed by atoms with Gasteiger partial charge in [0.25, 0.3) is 0 Å². The molecule has 0 spiro atoms. The van der Waals surface area contributed by atoms with Gasteiger partial charge in [0.05, 0.1) is 12.7 Å². The van der Waals surface area contributed by atoms with E-state index in [0.29, 0.717) is 27.9 Å². The Hall–Kier alpha value is -1.55. The van der Waals surface area contributed by atoms with Gasteiger partial charge >= 0.3 is 0 Å². The van der Waals surface area contributed by atoms with Crippen LogP contribution < -0.4 is 5.73 Å². The quantitative estimate of drug-likeness (QED) is 0.702. The van der Waals surface area contributed by atoms with Crippen LogP contribution in [0.2, 0.25) is 0 Å². The van der Waals surface area contributed by atoms with Gasteiger partial charge in [-0.15, -0.1) is 0 Å². The first-order valence-electron chi connectivity index (χ1n) is 5.20. The van der Waals surface area contributed by atoms with Crippen molar-refractivity contribution in [2.45, 2.75) is 26.4 Å². The minimum atomic E-state index is -1.15. The highest BCUT2D eigenvalue weighted by molar-refractivity contribution is 5.84. The molecule has 80 valence electrons. The molecule has 0 saturated carbocycles. The number of aromatic nitrogens is 1. The second kappa shape index (κ2) is 2.97. The van der Waals surface area contributed by atoms with Gasteiger partial charge in [-0.2, -0.15) is 0 Å². The Labute approximate surface area is 89.1 Å². The van der Waals surface area contributed by atoms with Crippen molar-refractivity contribution < 1.29 is 11.0 Å². The van der Waals surface area contributed by atoms with Crippen LogP contribution in [0.4, 0.5) is 5.69 Å². The second-order valence-corrected chi connectivity index (χ2v) is 4.17. The summed E-state index contributed by atoms with van der Waals surface area (Å²) >= 11 is 0. The van der Waals surface area contributed by atoms with E-state index in [9.17, 15) is 5.11 Å². The zero-order valence-corrected chi connectivity index (χ0v) is 8.96. The predicted octanol–water partition coefficient (Wildman–Crippen LogP) is 1.95. The van der Waals surface area contributed by atoms with Gasteiger partial charge in [0.1, 0.15) is 0 Å². The van der Waals surface area contributed by atoms with Gasteiger partial charge in [-0.1, -0.05) is 5.16 Å². The van der Waals surface area contributed by atoms with E-state index in [1.165, 1.54) is 0 Å². The monoisotopic (exact) mass is 208 g/mol. The summed E-state index contributed by atoms with van der Waals surface area (Å²) in [6.45, 7) is 4.96. The smallest absolute Gasteiger partial charge is 0.169 e. The normalized spacial score (nSPS) is 13.2. The van der Waals surface area contributed by atoms with Gasteiger partial charge in [0, 0.05) is 22.7 Å². The van der Waals surface area contributed by atoms with Crippen molar-refractivity contribution in [2.24, 2.45) is 0 Å². The maximum Gasteiger partial charge on any atom is 0.169 e. The molecule has 0 aliphatic heterocycles. The molecule has 1 heterocycles. The lowest BCUT2D eigenvalue weighted by atomic mass is 9.95. The van der Waals surface area contributed by atoms with E-state index in [0.717, 1.165) is 0 Å². The number of fused-ring (bicyclic) bond motifs is 1. The summed E-state index contributed by atoms with van der Waals surface area (Å²) in [5, 5.41) is 14.4. The third-order valence-electron chi connectivity index (χ3n) is 2.33. The van der Waals surface area contributed by atoms with Gasteiger partial charge < -0.3 is 15.4 Å². The van der Waals surface area contributed by atoms with Crippen molar-refractivity contribution in [3.8, 4) is 0 Å². The van der Waals surface area contributed by atoms with E-state index in [2.05, 4.69) is 5.16 Å². The third-order valence-corrected chi connectivity index (χ3v) is 2.33. The largest absolute Gasteiger partial charge is 0.398 e. The van der Waals surface area contributed by atoms with E-state index >= 15 is 0 Å². The van der Waals surface area contributed by atoms with E-state index in [4.69, 9.17) is 11.6 Å². The van der Waals surface area contributed by atoms with Crippen molar-refractivity contribution in [1.29, 1.82) is 0 Å². The van der Waals surface area contributed by atoms with Gasteiger partial charge in [0.15, 0.2) is 5.58 Å². The molecule has 1 aromatic carbocycles. The van der Waals surface area contributed by atoms with Crippen LogP contribution in [-0.2, 0) is 5.60 Å². The zero-order chi connectivity index (χ0) is 12.1. The average Bonchev–Trinajstić information content (AvgIpc) is 2.44.